The summed E-state index contributed by atoms with van der Waals surface area (Å²) < 4.78 is 0. The lowest BCUT2D eigenvalue weighted by Crippen LogP contribution is -2.16. The molecule has 0 atom stereocenters. The molecule has 3 aliphatic rings. The molecule has 0 saturated heterocycles. The lowest BCUT2D eigenvalue weighted by Gasteiger charge is -2.28. The molecule has 2 fully saturated rings. The van der Waals surface area contributed by atoms with Gasteiger partial charge < -0.3 is 0 Å². The Morgan fingerprint density at radius 3 is 1.76 bits per heavy atom. The van der Waals surface area contributed by atoms with Gasteiger partial charge in [-0.15, -0.1) is 0 Å². The Labute approximate surface area is 235 Å². The number of ketones is 1. The van der Waals surface area contributed by atoms with Crippen molar-refractivity contribution in [3.8, 4) is 0 Å². The standard InChI is InChI=1S/C10H13Cl.C10H14O.C8H16.C7H14/c2*1-8(2)7-9-5-3-4-6-10(9)11;1-7(2)6-8-4-3-5-8;1-6(2)7-4-3-5-7/h3-6,8H,7H2,1-2H3;3-5,8H,6-7H2,1-2H3;7-8H,3-6H2,1-2H3;6-7H,3-5H2,1-2H3. The predicted octanol–water partition coefficient (Wildman–Crippen LogP) is 11.3. The zero-order chi connectivity index (χ0) is 27.8. The summed E-state index contributed by atoms with van der Waals surface area (Å²) in [4.78, 5) is 11.2. The molecule has 2 heteroatoms. The van der Waals surface area contributed by atoms with E-state index in [0.29, 0.717) is 24.0 Å². The van der Waals surface area contributed by atoms with Crippen molar-refractivity contribution in [3.05, 3.63) is 58.7 Å². The Hall–Kier alpha value is -1.34. The van der Waals surface area contributed by atoms with Gasteiger partial charge in [-0.25, -0.2) is 0 Å². The molecule has 0 spiro atoms. The van der Waals surface area contributed by atoms with Gasteiger partial charge in [-0.3, -0.25) is 4.79 Å². The number of hydrogen-bond donors (Lipinski definition) is 0. The minimum Gasteiger partial charge on any atom is -0.294 e. The first kappa shape index (κ1) is 33.7. The second-order valence-electron chi connectivity index (χ2n) is 12.9. The average molecular weight is 529 g/mol. The van der Waals surface area contributed by atoms with Gasteiger partial charge in [-0.2, -0.15) is 0 Å². The molecule has 210 valence electrons. The van der Waals surface area contributed by atoms with E-state index < -0.39 is 0 Å². The normalized spacial score (nSPS) is 17.2. The maximum Gasteiger partial charge on any atom is 0.162 e. The molecule has 3 aliphatic carbocycles. The first-order valence-corrected chi connectivity index (χ1v) is 15.5. The molecule has 1 aromatic rings. The lowest BCUT2D eigenvalue weighted by atomic mass is 9.78. The second-order valence-corrected chi connectivity index (χ2v) is 13.3. The van der Waals surface area contributed by atoms with Crippen LogP contribution in [0.3, 0.4) is 0 Å². The highest BCUT2D eigenvalue weighted by molar-refractivity contribution is 6.31. The smallest absolute Gasteiger partial charge is 0.162 e. The third kappa shape index (κ3) is 15.6. The summed E-state index contributed by atoms with van der Waals surface area (Å²) in [6, 6.07) is 8.03. The van der Waals surface area contributed by atoms with Crippen LogP contribution >= 0.6 is 11.6 Å². The number of Topliss-reactive ketones (excluding diaryl/α,β-unsaturated/α-hetero) is 1. The van der Waals surface area contributed by atoms with Gasteiger partial charge in [0.15, 0.2) is 5.78 Å². The van der Waals surface area contributed by atoms with Gasteiger partial charge in [0, 0.05) is 11.4 Å². The largest absolute Gasteiger partial charge is 0.294 e. The van der Waals surface area contributed by atoms with Crippen LogP contribution in [0, 0.1) is 35.5 Å². The van der Waals surface area contributed by atoms with Gasteiger partial charge in [0.25, 0.3) is 0 Å². The summed E-state index contributed by atoms with van der Waals surface area (Å²) in [7, 11) is 0. The van der Waals surface area contributed by atoms with E-state index in [1.165, 1.54) is 50.5 Å². The third-order valence-electron chi connectivity index (χ3n) is 7.43. The van der Waals surface area contributed by atoms with E-state index in [0.717, 1.165) is 47.1 Å². The molecule has 0 amide bonds. The molecule has 0 heterocycles. The van der Waals surface area contributed by atoms with Crippen LogP contribution in [-0.2, 0) is 11.2 Å². The molecule has 0 aromatic heterocycles. The molecular weight excluding hydrogens is 472 g/mol. The summed E-state index contributed by atoms with van der Waals surface area (Å²) >= 11 is 5.97. The van der Waals surface area contributed by atoms with Crippen molar-refractivity contribution in [2.24, 2.45) is 35.5 Å². The number of halogens is 1. The van der Waals surface area contributed by atoms with Crippen LogP contribution in [0.4, 0.5) is 0 Å². The fourth-order valence-corrected chi connectivity index (χ4v) is 5.02. The van der Waals surface area contributed by atoms with E-state index in [1.807, 2.05) is 36.4 Å². The Morgan fingerprint density at radius 1 is 0.811 bits per heavy atom. The molecule has 2 saturated carbocycles. The number of allylic oxidation sites excluding steroid dienone is 4. The number of carbonyl (C=O) groups is 1. The van der Waals surface area contributed by atoms with Crippen LogP contribution in [-0.4, -0.2) is 5.78 Å². The van der Waals surface area contributed by atoms with Crippen molar-refractivity contribution >= 4 is 17.4 Å². The molecule has 0 radical (unpaired) electrons. The minimum absolute atomic E-state index is 0.293. The lowest BCUT2D eigenvalue weighted by molar-refractivity contribution is -0.115. The number of benzene rings is 1. The van der Waals surface area contributed by atoms with Crippen molar-refractivity contribution in [1.82, 2.24) is 0 Å². The van der Waals surface area contributed by atoms with Gasteiger partial charge in [0.05, 0.1) is 0 Å². The summed E-state index contributed by atoms with van der Waals surface area (Å²) in [5, 5.41) is 0.890. The van der Waals surface area contributed by atoms with Crippen LogP contribution in [0.25, 0.3) is 0 Å². The molecule has 1 aromatic carbocycles. The molecule has 0 bridgehead atoms. The van der Waals surface area contributed by atoms with Crippen LogP contribution in [0.15, 0.2) is 48.1 Å². The Kier molecular flexibility index (Phi) is 17.1. The van der Waals surface area contributed by atoms with Crippen LogP contribution in [0.1, 0.15) is 119 Å². The summed E-state index contributed by atoms with van der Waals surface area (Å²) in [5.74, 6) is 5.62. The van der Waals surface area contributed by atoms with Crippen molar-refractivity contribution in [3.63, 3.8) is 0 Å². The zero-order valence-corrected chi connectivity index (χ0v) is 26.1. The van der Waals surface area contributed by atoms with E-state index in [-0.39, 0.29) is 0 Å². The topological polar surface area (TPSA) is 17.1 Å². The fourth-order valence-electron chi connectivity index (χ4n) is 4.81. The first-order chi connectivity index (χ1) is 17.5. The Morgan fingerprint density at radius 2 is 1.41 bits per heavy atom. The van der Waals surface area contributed by atoms with Crippen molar-refractivity contribution < 1.29 is 4.79 Å². The number of hydrogen-bond acceptors (Lipinski definition) is 1. The minimum atomic E-state index is 0.293. The highest BCUT2D eigenvalue weighted by Gasteiger charge is 2.20. The SMILES string of the molecule is CC(C)C1CCC1.CC(C)CC1=CC=CCC1=O.CC(C)CC1CCC1.CC(C)Cc1ccccc1Cl. The molecule has 1 nitrogen and oxygen atoms in total. The Bertz CT molecular complexity index is 806. The van der Waals surface area contributed by atoms with E-state index in [2.05, 4.69) is 61.5 Å². The molecule has 0 unspecified atom stereocenters. The quantitative estimate of drug-likeness (QED) is 0.343. The van der Waals surface area contributed by atoms with Gasteiger partial charge in [0.2, 0.25) is 0 Å². The van der Waals surface area contributed by atoms with Gasteiger partial charge >= 0.3 is 0 Å². The van der Waals surface area contributed by atoms with Gasteiger partial charge in [-0.1, -0.05) is 142 Å². The maximum atomic E-state index is 11.2. The Balaban J connectivity index is 0.000000251. The number of carbonyl (C=O) groups excluding carboxylic acids is 1. The average Bonchev–Trinajstić information content (AvgIpc) is 2.73. The fraction of sp³-hybridized carbons (Fsp3) is 0.686. The van der Waals surface area contributed by atoms with E-state index in [1.54, 1.807) is 0 Å². The summed E-state index contributed by atoms with van der Waals surface area (Å²) in [5.41, 5.74) is 2.24. The van der Waals surface area contributed by atoms with Gasteiger partial charge in [-0.05, 0) is 72.0 Å². The third-order valence-corrected chi connectivity index (χ3v) is 7.80. The molecule has 4 rings (SSSR count). The highest BCUT2D eigenvalue weighted by atomic mass is 35.5. The maximum absolute atomic E-state index is 11.2. The number of rotatable bonds is 7. The first-order valence-electron chi connectivity index (χ1n) is 15.1. The van der Waals surface area contributed by atoms with Crippen molar-refractivity contribution in [2.75, 3.05) is 0 Å². The molecule has 37 heavy (non-hydrogen) atoms. The predicted molar refractivity (Wildman–Crippen MR) is 165 cm³/mol. The zero-order valence-electron chi connectivity index (χ0n) is 25.4. The van der Waals surface area contributed by atoms with E-state index in [4.69, 9.17) is 11.6 Å². The summed E-state index contributed by atoms with van der Waals surface area (Å²) in [6.07, 6.45) is 18.9. The van der Waals surface area contributed by atoms with Crippen LogP contribution in [0.5, 0.6) is 0 Å². The van der Waals surface area contributed by atoms with Crippen molar-refractivity contribution in [2.45, 2.75) is 120 Å². The molecule has 0 N–H and O–H groups in total. The van der Waals surface area contributed by atoms with Crippen molar-refractivity contribution in [1.29, 1.82) is 0 Å². The van der Waals surface area contributed by atoms with E-state index in [9.17, 15) is 4.79 Å². The molecular formula is C35H57ClO. The summed E-state index contributed by atoms with van der Waals surface area (Å²) in [6.45, 7) is 17.9. The van der Waals surface area contributed by atoms with E-state index >= 15 is 0 Å². The van der Waals surface area contributed by atoms with Gasteiger partial charge in [0.1, 0.15) is 0 Å². The highest BCUT2D eigenvalue weighted by Crippen LogP contribution is 2.32. The van der Waals surface area contributed by atoms with Crippen LogP contribution < -0.4 is 0 Å². The monoisotopic (exact) mass is 528 g/mol. The molecule has 0 aliphatic heterocycles. The van der Waals surface area contributed by atoms with Crippen LogP contribution in [0.2, 0.25) is 5.02 Å². The second kappa shape index (κ2) is 18.8.